The molecule has 0 radical (unpaired) electrons. The molecule has 7 heteroatoms. The van der Waals surface area contributed by atoms with Gasteiger partial charge in [0.1, 0.15) is 0 Å². The van der Waals surface area contributed by atoms with Gasteiger partial charge in [0.15, 0.2) is 0 Å². The number of aliphatic imine (C=N–C) groups is 1. The summed E-state index contributed by atoms with van der Waals surface area (Å²) in [7, 11) is 0. The molecule has 0 atom stereocenters. The van der Waals surface area contributed by atoms with Crippen molar-refractivity contribution < 1.29 is 9.53 Å². The van der Waals surface area contributed by atoms with Crippen LogP contribution in [-0.4, -0.2) is 51.5 Å². The number of carbonyl (C=O) groups excluding carboxylic acids is 1. The van der Waals surface area contributed by atoms with E-state index in [-0.39, 0.29) is 5.91 Å². The molecule has 0 unspecified atom stereocenters. The third-order valence-corrected chi connectivity index (χ3v) is 7.41. The summed E-state index contributed by atoms with van der Waals surface area (Å²) in [5, 5.41) is 10.7. The molecule has 0 spiro atoms. The molecule has 1 saturated heterocycles. The summed E-state index contributed by atoms with van der Waals surface area (Å²) in [5.41, 5.74) is 8.28. The number of fused-ring (bicyclic) bond motifs is 1. The first-order valence-electron chi connectivity index (χ1n) is 13.5. The normalized spacial score (nSPS) is 14.6. The van der Waals surface area contributed by atoms with Gasteiger partial charge in [0, 0.05) is 73.1 Å². The van der Waals surface area contributed by atoms with Gasteiger partial charge in [-0.1, -0.05) is 60.1 Å². The zero-order valence-corrected chi connectivity index (χ0v) is 22.4. The lowest BCUT2D eigenvalue weighted by atomic mass is 9.90. The fraction of sp³-hybridized carbons (Fsp3) is 0.355. The van der Waals surface area contributed by atoms with E-state index in [0.29, 0.717) is 32.0 Å². The fourth-order valence-corrected chi connectivity index (χ4v) is 5.14. The Morgan fingerprint density at radius 3 is 2.68 bits per heavy atom. The van der Waals surface area contributed by atoms with Crippen molar-refractivity contribution in [3.05, 3.63) is 87.9 Å². The van der Waals surface area contributed by atoms with Gasteiger partial charge in [0.25, 0.3) is 0 Å². The van der Waals surface area contributed by atoms with Crippen LogP contribution in [0.5, 0.6) is 0 Å². The molecule has 38 heavy (non-hydrogen) atoms. The maximum Gasteiger partial charge on any atom is 0.221 e. The number of ether oxygens (including phenoxy) is 1. The fourth-order valence-electron chi connectivity index (χ4n) is 4.83. The summed E-state index contributed by atoms with van der Waals surface area (Å²) in [4.78, 5) is 16.7. The number of nitrogens with one attached hydrogen (secondary N) is 3. The second-order valence-corrected chi connectivity index (χ2v) is 10.3. The Morgan fingerprint density at radius 1 is 1.03 bits per heavy atom. The number of amides is 1. The van der Waals surface area contributed by atoms with Crippen LogP contribution < -0.4 is 16.0 Å². The lowest BCUT2D eigenvalue weighted by molar-refractivity contribution is -0.120. The molecule has 1 amide bonds. The molecule has 198 valence electrons. The molecule has 0 saturated carbocycles. The molecular formula is C31H35ClN4O2. The van der Waals surface area contributed by atoms with E-state index in [1.165, 1.54) is 16.7 Å². The number of benzene rings is 3. The number of nitrogens with zero attached hydrogens (tertiary/aromatic N) is 1. The zero-order valence-electron chi connectivity index (χ0n) is 21.6. The molecule has 3 aromatic carbocycles. The summed E-state index contributed by atoms with van der Waals surface area (Å²) in [5.74, 6) is 0.560. The average Bonchev–Trinajstić information content (AvgIpc) is 2.90. The minimum atomic E-state index is 0.0615. The molecule has 5 rings (SSSR count). The molecule has 0 aliphatic carbocycles. The molecule has 3 N–H and O–H groups in total. The first-order valence-corrected chi connectivity index (χ1v) is 13.8. The largest absolute Gasteiger partial charge is 0.384 e. The zero-order chi connectivity index (χ0) is 26.2. The van der Waals surface area contributed by atoms with Crippen LogP contribution in [0.15, 0.2) is 65.7 Å². The maximum atomic E-state index is 12.3. The predicted molar refractivity (Wildman–Crippen MR) is 155 cm³/mol. The van der Waals surface area contributed by atoms with Gasteiger partial charge in [-0.2, -0.15) is 0 Å². The van der Waals surface area contributed by atoms with E-state index in [1.54, 1.807) is 0 Å². The summed E-state index contributed by atoms with van der Waals surface area (Å²) in [6, 6.07) is 20.8. The van der Waals surface area contributed by atoms with E-state index in [1.807, 2.05) is 30.5 Å². The Balaban J connectivity index is 0.996. The molecule has 0 bridgehead atoms. The smallest absolute Gasteiger partial charge is 0.221 e. The molecule has 3 aromatic rings. The van der Waals surface area contributed by atoms with Crippen molar-refractivity contribution in [3.8, 4) is 11.1 Å². The number of hydrogen-bond donors (Lipinski definition) is 3. The Labute approximate surface area is 229 Å². The topological polar surface area (TPSA) is 74.8 Å². The number of halogens is 1. The SMILES string of the molecule is O=C(CCNCc1ccc(-c2ccccc2)c(Cl)c1)NCCCNc1cc(C2COC2)cc2c1C=NCC2. The van der Waals surface area contributed by atoms with Crippen molar-refractivity contribution in [2.24, 2.45) is 4.99 Å². The van der Waals surface area contributed by atoms with E-state index in [0.717, 1.165) is 66.5 Å². The van der Waals surface area contributed by atoms with Crippen LogP contribution in [0.3, 0.4) is 0 Å². The van der Waals surface area contributed by atoms with Crippen LogP contribution in [0.2, 0.25) is 5.02 Å². The summed E-state index contributed by atoms with van der Waals surface area (Å²) < 4.78 is 5.39. The van der Waals surface area contributed by atoms with Crippen molar-refractivity contribution >= 4 is 29.4 Å². The van der Waals surface area contributed by atoms with Crippen LogP contribution in [0.4, 0.5) is 5.69 Å². The Kier molecular flexibility index (Phi) is 9.07. The second kappa shape index (κ2) is 13.1. The Bertz CT molecular complexity index is 1270. The van der Waals surface area contributed by atoms with Gasteiger partial charge >= 0.3 is 0 Å². The monoisotopic (exact) mass is 530 g/mol. The van der Waals surface area contributed by atoms with Gasteiger partial charge in [-0.25, -0.2) is 0 Å². The van der Waals surface area contributed by atoms with E-state index >= 15 is 0 Å². The van der Waals surface area contributed by atoms with E-state index in [2.05, 4.69) is 57.3 Å². The van der Waals surface area contributed by atoms with Crippen molar-refractivity contribution in [1.82, 2.24) is 10.6 Å². The highest BCUT2D eigenvalue weighted by Gasteiger charge is 2.23. The van der Waals surface area contributed by atoms with Crippen molar-refractivity contribution in [3.63, 3.8) is 0 Å². The highest BCUT2D eigenvalue weighted by Crippen LogP contribution is 2.31. The summed E-state index contributed by atoms with van der Waals surface area (Å²) >= 11 is 6.51. The van der Waals surface area contributed by atoms with Gasteiger partial charge in [-0.15, -0.1) is 0 Å². The van der Waals surface area contributed by atoms with Crippen LogP contribution in [-0.2, 0) is 22.5 Å². The van der Waals surface area contributed by atoms with E-state index in [4.69, 9.17) is 16.3 Å². The number of anilines is 1. The molecule has 2 heterocycles. The second-order valence-electron chi connectivity index (χ2n) is 9.90. The molecular weight excluding hydrogens is 496 g/mol. The lowest BCUT2D eigenvalue weighted by Gasteiger charge is -2.28. The molecule has 2 aliphatic rings. The van der Waals surface area contributed by atoms with Gasteiger partial charge in [-0.3, -0.25) is 9.79 Å². The third kappa shape index (κ3) is 6.81. The van der Waals surface area contributed by atoms with Crippen molar-refractivity contribution in [2.75, 3.05) is 44.7 Å². The predicted octanol–water partition coefficient (Wildman–Crippen LogP) is 5.19. The molecule has 0 aromatic heterocycles. The maximum absolute atomic E-state index is 12.3. The van der Waals surface area contributed by atoms with Crippen LogP contribution in [0, 0.1) is 0 Å². The number of rotatable bonds is 12. The van der Waals surface area contributed by atoms with Gasteiger partial charge in [0.05, 0.1) is 13.2 Å². The summed E-state index contributed by atoms with van der Waals surface area (Å²) in [6.45, 7) is 5.20. The minimum absolute atomic E-state index is 0.0615. The molecule has 2 aliphatic heterocycles. The standard InChI is InChI=1S/C31H35ClN4O2/c32-29-15-22(7-8-27(29)23-5-2-1-3-6-23)18-33-14-10-31(37)36-12-4-11-35-30-17-25(26-20-38-21-26)16-24-9-13-34-19-28(24)30/h1-3,5-8,15-17,19,26,33,35H,4,9-14,18,20-21H2,(H,36,37). The average molecular weight is 531 g/mol. The highest BCUT2D eigenvalue weighted by atomic mass is 35.5. The van der Waals surface area contributed by atoms with Crippen molar-refractivity contribution in [1.29, 1.82) is 0 Å². The quantitative estimate of drug-likeness (QED) is 0.282. The van der Waals surface area contributed by atoms with Gasteiger partial charge < -0.3 is 20.7 Å². The number of hydrogen-bond acceptors (Lipinski definition) is 5. The van der Waals surface area contributed by atoms with Crippen LogP contribution in [0.25, 0.3) is 11.1 Å². The highest BCUT2D eigenvalue weighted by molar-refractivity contribution is 6.33. The van der Waals surface area contributed by atoms with Crippen LogP contribution in [0.1, 0.15) is 41.0 Å². The molecule has 6 nitrogen and oxygen atoms in total. The van der Waals surface area contributed by atoms with Gasteiger partial charge in [0.2, 0.25) is 5.91 Å². The molecule has 1 fully saturated rings. The van der Waals surface area contributed by atoms with Crippen molar-refractivity contribution in [2.45, 2.75) is 31.7 Å². The minimum Gasteiger partial charge on any atom is -0.384 e. The summed E-state index contributed by atoms with van der Waals surface area (Å²) in [6.07, 6.45) is 4.27. The van der Waals surface area contributed by atoms with Gasteiger partial charge in [-0.05, 0) is 47.2 Å². The van der Waals surface area contributed by atoms with E-state index < -0.39 is 0 Å². The van der Waals surface area contributed by atoms with Crippen LogP contribution >= 0.6 is 11.6 Å². The first-order chi connectivity index (χ1) is 18.7. The first kappa shape index (κ1) is 26.4. The Hall–Kier alpha value is -3.19. The Morgan fingerprint density at radius 2 is 1.89 bits per heavy atom. The third-order valence-electron chi connectivity index (χ3n) is 7.10. The number of carbonyl (C=O) groups is 1. The lowest BCUT2D eigenvalue weighted by Crippen LogP contribution is -2.29. The van der Waals surface area contributed by atoms with E-state index in [9.17, 15) is 4.79 Å².